The van der Waals surface area contributed by atoms with Gasteiger partial charge in [-0.3, -0.25) is 4.79 Å². The number of carboxylic acids is 1. The molecule has 0 rings (SSSR count). The first-order valence-corrected chi connectivity index (χ1v) is 4.41. The van der Waals surface area contributed by atoms with Gasteiger partial charge in [0.25, 0.3) is 0 Å². The van der Waals surface area contributed by atoms with Crippen LogP contribution in [0.15, 0.2) is 0 Å². The zero-order chi connectivity index (χ0) is 14.0. The van der Waals surface area contributed by atoms with E-state index in [0.717, 1.165) is 0 Å². The van der Waals surface area contributed by atoms with E-state index < -0.39 is 30.0 Å². The second-order valence-corrected chi connectivity index (χ2v) is 3.25. The topological polar surface area (TPSA) is 57.6 Å². The van der Waals surface area contributed by atoms with Crippen LogP contribution in [0.4, 0.5) is 22.0 Å². The molecule has 0 spiro atoms. The SMILES string of the molecule is CCC(C(=O)O)N(C)C(=O)C(F)(F)C(F)(F)F. The van der Waals surface area contributed by atoms with Crippen molar-refractivity contribution in [3.8, 4) is 0 Å². The van der Waals surface area contributed by atoms with Crippen molar-refractivity contribution in [3.05, 3.63) is 0 Å². The van der Waals surface area contributed by atoms with Crippen molar-refractivity contribution < 1.29 is 36.6 Å². The summed E-state index contributed by atoms with van der Waals surface area (Å²) in [5, 5.41) is 8.54. The lowest BCUT2D eigenvalue weighted by molar-refractivity contribution is -0.274. The zero-order valence-electron chi connectivity index (χ0n) is 8.89. The lowest BCUT2D eigenvalue weighted by Crippen LogP contribution is -2.55. The molecule has 0 aliphatic rings. The van der Waals surface area contributed by atoms with Gasteiger partial charge in [0.05, 0.1) is 0 Å². The third-order valence-corrected chi connectivity index (χ3v) is 2.08. The Balaban J connectivity index is 5.12. The van der Waals surface area contributed by atoms with Crippen LogP contribution >= 0.6 is 0 Å². The molecule has 0 saturated carbocycles. The van der Waals surface area contributed by atoms with Gasteiger partial charge in [0.15, 0.2) is 0 Å². The molecular formula is C8H10F5NO3. The van der Waals surface area contributed by atoms with Gasteiger partial charge in [-0.2, -0.15) is 22.0 Å². The van der Waals surface area contributed by atoms with Crippen molar-refractivity contribution in [2.75, 3.05) is 7.05 Å². The largest absolute Gasteiger partial charge is 0.480 e. The second kappa shape index (κ2) is 4.84. The highest BCUT2D eigenvalue weighted by molar-refractivity contribution is 5.88. The number of hydrogen-bond acceptors (Lipinski definition) is 2. The lowest BCUT2D eigenvalue weighted by atomic mass is 10.1. The van der Waals surface area contributed by atoms with Crippen molar-refractivity contribution in [1.29, 1.82) is 0 Å². The van der Waals surface area contributed by atoms with Gasteiger partial charge in [0.1, 0.15) is 6.04 Å². The Morgan fingerprint density at radius 2 is 1.65 bits per heavy atom. The second-order valence-electron chi connectivity index (χ2n) is 3.25. The van der Waals surface area contributed by atoms with Gasteiger partial charge in [-0.1, -0.05) is 6.92 Å². The summed E-state index contributed by atoms with van der Waals surface area (Å²) in [5.74, 6) is -9.83. The molecule has 4 nitrogen and oxygen atoms in total. The minimum atomic E-state index is -6.05. The number of carbonyl (C=O) groups is 2. The van der Waals surface area contributed by atoms with Crippen LogP contribution in [0.1, 0.15) is 13.3 Å². The van der Waals surface area contributed by atoms with Gasteiger partial charge in [-0.05, 0) is 6.42 Å². The summed E-state index contributed by atoms with van der Waals surface area (Å²) in [6.07, 6.45) is -6.33. The van der Waals surface area contributed by atoms with Gasteiger partial charge in [0, 0.05) is 7.05 Å². The fourth-order valence-corrected chi connectivity index (χ4v) is 1.10. The van der Waals surface area contributed by atoms with Crippen molar-refractivity contribution in [3.63, 3.8) is 0 Å². The molecule has 0 bridgehead atoms. The summed E-state index contributed by atoms with van der Waals surface area (Å²) in [6, 6.07) is -1.73. The Hall–Kier alpha value is -1.41. The summed E-state index contributed by atoms with van der Waals surface area (Å²) in [7, 11) is 0.588. The van der Waals surface area contributed by atoms with Crippen molar-refractivity contribution >= 4 is 11.9 Å². The zero-order valence-corrected chi connectivity index (χ0v) is 8.89. The molecule has 0 aromatic carbocycles. The number of hydrogen-bond donors (Lipinski definition) is 1. The molecule has 0 aromatic heterocycles. The first-order chi connectivity index (χ1) is 7.46. The van der Waals surface area contributed by atoms with Gasteiger partial charge in [-0.15, -0.1) is 0 Å². The van der Waals surface area contributed by atoms with E-state index in [1.807, 2.05) is 0 Å². The lowest BCUT2D eigenvalue weighted by Gasteiger charge is -2.28. The van der Waals surface area contributed by atoms with Crippen LogP contribution in [-0.2, 0) is 9.59 Å². The molecule has 9 heteroatoms. The number of amides is 1. The van der Waals surface area contributed by atoms with Crippen molar-refractivity contribution in [2.24, 2.45) is 0 Å². The van der Waals surface area contributed by atoms with E-state index in [-0.39, 0.29) is 11.3 Å². The number of rotatable bonds is 4. The van der Waals surface area contributed by atoms with Gasteiger partial charge >= 0.3 is 24.0 Å². The van der Waals surface area contributed by atoms with E-state index in [9.17, 15) is 31.5 Å². The maximum absolute atomic E-state index is 12.6. The number of likely N-dealkylation sites (N-methyl/N-ethyl adjacent to an activating group) is 1. The van der Waals surface area contributed by atoms with Crippen LogP contribution in [0.25, 0.3) is 0 Å². The average molecular weight is 263 g/mol. The number of alkyl halides is 5. The van der Waals surface area contributed by atoms with Crippen LogP contribution in [0.5, 0.6) is 0 Å². The molecule has 17 heavy (non-hydrogen) atoms. The van der Waals surface area contributed by atoms with Gasteiger partial charge < -0.3 is 10.0 Å². The fraction of sp³-hybridized carbons (Fsp3) is 0.750. The maximum Gasteiger partial charge on any atom is 0.463 e. The summed E-state index contributed by atoms with van der Waals surface area (Å²) >= 11 is 0. The normalized spacial score (nSPS) is 14.3. The standard InChI is InChI=1S/C8H10F5NO3/c1-3-4(5(15)16)14(2)6(17)7(9,10)8(11,12)13/h4H,3H2,1-2H3,(H,15,16). The Morgan fingerprint density at radius 1 is 1.24 bits per heavy atom. The predicted octanol–water partition coefficient (Wildman–Crippen LogP) is 1.51. The first-order valence-electron chi connectivity index (χ1n) is 4.41. The fourth-order valence-electron chi connectivity index (χ4n) is 1.10. The monoisotopic (exact) mass is 263 g/mol. The first kappa shape index (κ1) is 15.6. The van der Waals surface area contributed by atoms with E-state index in [4.69, 9.17) is 5.11 Å². The van der Waals surface area contributed by atoms with Crippen LogP contribution in [0.3, 0.4) is 0 Å². The Morgan fingerprint density at radius 3 is 1.88 bits per heavy atom. The molecule has 0 aliphatic carbocycles. The van der Waals surface area contributed by atoms with E-state index in [2.05, 4.69) is 0 Å². The summed E-state index contributed by atoms with van der Waals surface area (Å²) < 4.78 is 60.9. The Kier molecular flexibility index (Phi) is 4.44. The number of nitrogens with zero attached hydrogens (tertiary/aromatic N) is 1. The molecule has 1 unspecified atom stereocenters. The average Bonchev–Trinajstić information content (AvgIpc) is 2.14. The summed E-state index contributed by atoms with van der Waals surface area (Å²) in [4.78, 5) is 21.3. The smallest absolute Gasteiger partial charge is 0.463 e. The molecule has 0 heterocycles. The minimum Gasteiger partial charge on any atom is -0.480 e. The molecule has 1 N–H and O–H groups in total. The molecule has 100 valence electrons. The molecule has 0 saturated heterocycles. The number of carboxylic acid groups (broad SMARTS) is 1. The Bertz CT molecular complexity index is 315. The van der Waals surface area contributed by atoms with Crippen LogP contribution in [0.2, 0.25) is 0 Å². The molecule has 0 radical (unpaired) electrons. The number of carbonyl (C=O) groups excluding carboxylic acids is 1. The summed E-state index contributed by atoms with van der Waals surface area (Å²) in [5.41, 5.74) is 0. The number of halogens is 5. The molecule has 0 aromatic rings. The van der Waals surface area contributed by atoms with Crippen molar-refractivity contribution in [1.82, 2.24) is 4.90 Å². The summed E-state index contributed by atoms with van der Waals surface area (Å²) in [6.45, 7) is 1.24. The minimum absolute atomic E-state index is 0.115. The third-order valence-electron chi connectivity index (χ3n) is 2.08. The van der Waals surface area contributed by atoms with Gasteiger partial charge in [-0.25, -0.2) is 4.79 Å². The van der Waals surface area contributed by atoms with E-state index in [1.54, 1.807) is 0 Å². The predicted molar refractivity (Wildman–Crippen MR) is 45.5 cm³/mol. The van der Waals surface area contributed by atoms with E-state index in [0.29, 0.717) is 7.05 Å². The molecular weight excluding hydrogens is 253 g/mol. The van der Waals surface area contributed by atoms with Crippen LogP contribution in [0, 0.1) is 0 Å². The third kappa shape index (κ3) is 3.04. The molecule has 0 aliphatic heterocycles. The van der Waals surface area contributed by atoms with Crippen molar-refractivity contribution in [2.45, 2.75) is 31.5 Å². The van der Waals surface area contributed by atoms with Crippen LogP contribution in [-0.4, -0.2) is 47.1 Å². The molecule has 1 amide bonds. The Labute approximate surface area is 93.0 Å². The molecule has 0 fully saturated rings. The van der Waals surface area contributed by atoms with Gasteiger partial charge in [0.2, 0.25) is 0 Å². The maximum atomic E-state index is 12.6. The highest BCUT2D eigenvalue weighted by Gasteiger charge is 2.64. The van der Waals surface area contributed by atoms with E-state index in [1.165, 1.54) is 6.92 Å². The van der Waals surface area contributed by atoms with Crippen LogP contribution < -0.4 is 0 Å². The highest BCUT2D eigenvalue weighted by Crippen LogP contribution is 2.37. The molecule has 1 atom stereocenters. The quantitative estimate of drug-likeness (QED) is 0.782. The van der Waals surface area contributed by atoms with E-state index >= 15 is 0 Å². The number of aliphatic carboxylic acids is 1. The highest BCUT2D eigenvalue weighted by atomic mass is 19.4.